The summed E-state index contributed by atoms with van der Waals surface area (Å²) in [5, 5.41) is 2.90. The van der Waals surface area contributed by atoms with Crippen LogP contribution < -0.4 is 10.1 Å². The standard InChI is InChI=1S/C16H19N3O3S2/c1-21-12-6-4-11(5-7-12)15-18-16(24-19-15)23-10-14(20)17-9-13-3-2-8-22-13/h4-7,13H,2-3,8-10H2,1H3,(H,17,20)/t13-/m1/s1. The molecule has 0 radical (unpaired) electrons. The average molecular weight is 365 g/mol. The summed E-state index contributed by atoms with van der Waals surface area (Å²) in [7, 11) is 1.63. The molecule has 1 fully saturated rings. The number of thioether (sulfide) groups is 1. The van der Waals surface area contributed by atoms with E-state index in [0.717, 1.165) is 35.1 Å². The first-order valence-corrected chi connectivity index (χ1v) is 9.50. The van der Waals surface area contributed by atoms with Crippen molar-refractivity contribution in [3.8, 4) is 17.1 Å². The van der Waals surface area contributed by atoms with Crippen LogP contribution in [0.25, 0.3) is 11.4 Å². The summed E-state index contributed by atoms with van der Waals surface area (Å²) >= 11 is 2.71. The molecule has 1 saturated heterocycles. The van der Waals surface area contributed by atoms with Crippen LogP contribution in [0.3, 0.4) is 0 Å². The number of rotatable bonds is 7. The van der Waals surface area contributed by atoms with E-state index in [4.69, 9.17) is 9.47 Å². The number of carbonyl (C=O) groups is 1. The predicted octanol–water partition coefficient (Wildman–Crippen LogP) is 2.60. The van der Waals surface area contributed by atoms with E-state index in [1.165, 1.54) is 23.3 Å². The van der Waals surface area contributed by atoms with Gasteiger partial charge in [-0.1, -0.05) is 11.8 Å². The van der Waals surface area contributed by atoms with Crippen LogP contribution in [-0.2, 0) is 9.53 Å². The van der Waals surface area contributed by atoms with E-state index < -0.39 is 0 Å². The molecular weight excluding hydrogens is 346 g/mol. The Kier molecular flexibility index (Phi) is 6.06. The summed E-state index contributed by atoms with van der Waals surface area (Å²) in [5.74, 6) is 1.80. The molecule has 0 bridgehead atoms. The number of carbonyl (C=O) groups excluding carboxylic acids is 1. The highest BCUT2D eigenvalue weighted by atomic mass is 32.2. The number of benzene rings is 1. The first-order valence-electron chi connectivity index (χ1n) is 7.74. The van der Waals surface area contributed by atoms with Crippen LogP contribution in [0.5, 0.6) is 5.75 Å². The molecular formula is C16H19N3O3S2. The summed E-state index contributed by atoms with van der Waals surface area (Å²) < 4.78 is 15.8. The molecule has 1 aliphatic rings. The van der Waals surface area contributed by atoms with Crippen LogP contribution in [0, 0.1) is 0 Å². The molecule has 24 heavy (non-hydrogen) atoms. The average Bonchev–Trinajstić information content (AvgIpc) is 3.30. The van der Waals surface area contributed by atoms with Gasteiger partial charge < -0.3 is 14.8 Å². The first-order chi connectivity index (χ1) is 11.7. The second kappa shape index (κ2) is 8.46. The maximum Gasteiger partial charge on any atom is 0.230 e. The number of aromatic nitrogens is 2. The van der Waals surface area contributed by atoms with Gasteiger partial charge in [0, 0.05) is 18.7 Å². The van der Waals surface area contributed by atoms with Gasteiger partial charge in [-0.3, -0.25) is 4.79 Å². The van der Waals surface area contributed by atoms with Gasteiger partial charge >= 0.3 is 0 Å². The second-order valence-corrected chi connectivity index (χ2v) is 7.31. The number of nitrogens with zero attached hydrogens (tertiary/aromatic N) is 2. The Bertz CT molecular complexity index is 669. The van der Waals surface area contributed by atoms with E-state index in [0.29, 0.717) is 18.1 Å². The van der Waals surface area contributed by atoms with Crippen molar-refractivity contribution in [3.05, 3.63) is 24.3 Å². The van der Waals surface area contributed by atoms with Gasteiger partial charge in [0.15, 0.2) is 10.2 Å². The molecule has 0 spiro atoms. The van der Waals surface area contributed by atoms with Gasteiger partial charge in [-0.2, -0.15) is 4.37 Å². The van der Waals surface area contributed by atoms with Gasteiger partial charge in [0.05, 0.1) is 19.0 Å². The first kappa shape index (κ1) is 17.2. The maximum atomic E-state index is 11.9. The Morgan fingerprint density at radius 2 is 2.29 bits per heavy atom. The van der Waals surface area contributed by atoms with Crippen LogP contribution in [0.4, 0.5) is 0 Å². The minimum atomic E-state index is -0.00306. The molecule has 0 saturated carbocycles. The molecule has 2 aromatic rings. The molecule has 2 heterocycles. The lowest BCUT2D eigenvalue weighted by Gasteiger charge is -2.09. The normalized spacial score (nSPS) is 17.0. The summed E-state index contributed by atoms with van der Waals surface area (Å²) in [5.41, 5.74) is 0.932. The summed E-state index contributed by atoms with van der Waals surface area (Å²) in [4.78, 5) is 16.3. The Hall–Kier alpha value is -1.64. The Morgan fingerprint density at radius 1 is 1.46 bits per heavy atom. The lowest BCUT2D eigenvalue weighted by molar-refractivity contribution is -0.119. The van der Waals surface area contributed by atoms with Crippen molar-refractivity contribution in [1.29, 1.82) is 0 Å². The van der Waals surface area contributed by atoms with Gasteiger partial charge in [-0.15, -0.1) is 0 Å². The Morgan fingerprint density at radius 3 is 3.00 bits per heavy atom. The quantitative estimate of drug-likeness (QED) is 0.761. The third-order valence-electron chi connectivity index (χ3n) is 3.63. The van der Waals surface area contributed by atoms with Crippen LogP contribution in [0.2, 0.25) is 0 Å². The number of methoxy groups -OCH3 is 1. The maximum absolute atomic E-state index is 11.9. The molecule has 0 unspecified atom stereocenters. The largest absolute Gasteiger partial charge is 0.497 e. The molecule has 8 heteroatoms. The minimum absolute atomic E-state index is 0.00306. The lowest BCUT2D eigenvalue weighted by atomic mass is 10.2. The summed E-state index contributed by atoms with van der Waals surface area (Å²) in [6.45, 7) is 1.39. The topological polar surface area (TPSA) is 73.3 Å². The van der Waals surface area contributed by atoms with E-state index in [1.54, 1.807) is 7.11 Å². The van der Waals surface area contributed by atoms with E-state index in [-0.39, 0.29) is 12.0 Å². The lowest BCUT2D eigenvalue weighted by Crippen LogP contribution is -2.32. The van der Waals surface area contributed by atoms with Crippen molar-refractivity contribution < 1.29 is 14.3 Å². The fourth-order valence-electron chi connectivity index (χ4n) is 2.34. The van der Waals surface area contributed by atoms with Crippen molar-refractivity contribution in [2.24, 2.45) is 0 Å². The van der Waals surface area contributed by atoms with Gasteiger partial charge in [0.1, 0.15) is 5.75 Å². The van der Waals surface area contributed by atoms with Crippen molar-refractivity contribution in [2.75, 3.05) is 26.0 Å². The van der Waals surface area contributed by atoms with Gasteiger partial charge in [-0.05, 0) is 48.6 Å². The van der Waals surface area contributed by atoms with Crippen molar-refractivity contribution in [2.45, 2.75) is 23.3 Å². The van der Waals surface area contributed by atoms with E-state index in [1.807, 2.05) is 24.3 Å². The van der Waals surface area contributed by atoms with Crippen LogP contribution in [-0.4, -0.2) is 47.4 Å². The molecule has 1 aliphatic heterocycles. The van der Waals surface area contributed by atoms with Crippen LogP contribution >= 0.6 is 23.3 Å². The minimum Gasteiger partial charge on any atom is -0.497 e. The molecule has 1 amide bonds. The van der Waals surface area contributed by atoms with E-state index in [2.05, 4.69) is 14.7 Å². The molecule has 1 N–H and O–H groups in total. The SMILES string of the molecule is COc1ccc(-c2nsc(SCC(=O)NC[C@H]3CCCO3)n2)cc1. The highest BCUT2D eigenvalue weighted by Crippen LogP contribution is 2.26. The number of nitrogens with one attached hydrogen (secondary N) is 1. The zero-order valence-corrected chi connectivity index (χ0v) is 15.0. The second-order valence-electron chi connectivity index (χ2n) is 5.34. The van der Waals surface area contributed by atoms with Crippen LogP contribution in [0.1, 0.15) is 12.8 Å². The molecule has 1 aromatic carbocycles. The fraction of sp³-hybridized carbons (Fsp3) is 0.438. The Balaban J connectivity index is 1.47. The molecule has 3 rings (SSSR count). The third kappa shape index (κ3) is 4.68. The number of hydrogen-bond donors (Lipinski definition) is 1. The summed E-state index contributed by atoms with van der Waals surface area (Å²) in [6.07, 6.45) is 2.27. The van der Waals surface area contributed by atoms with Crippen molar-refractivity contribution in [1.82, 2.24) is 14.7 Å². The number of ether oxygens (including phenoxy) is 2. The highest BCUT2D eigenvalue weighted by Gasteiger charge is 2.16. The summed E-state index contributed by atoms with van der Waals surface area (Å²) in [6, 6.07) is 7.59. The smallest absolute Gasteiger partial charge is 0.230 e. The molecule has 0 aliphatic carbocycles. The van der Waals surface area contributed by atoms with Crippen LogP contribution in [0.15, 0.2) is 28.6 Å². The van der Waals surface area contributed by atoms with Gasteiger partial charge in [-0.25, -0.2) is 4.98 Å². The van der Waals surface area contributed by atoms with Crippen molar-refractivity contribution in [3.63, 3.8) is 0 Å². The van der Waals surface area contributed by atoms with E-state index in [9.17, 15) is 4.79 Å². The molecule has 1 atom stereocenters. The zero-order valence-electron chi connectivity index (χ0n) is 13.4. The fourth-order valence-corrected chi connectivity index (χ4v) is 3.78. The highest BCUT2D eigenvalue weighted by molar-refractivity contribution is 8.01. The zero-order chi connectivity index (χ0) is 16.8. The molecule has 128 valence electrons. The molecule has 1 aromatic heterocycles. The van der Waals surface area contributed by atoms with Crippen molar-refractivity contribution >= 4 is 29.2 Å². The Labute approximate surface area is 149 Å². The number of amides is 1. The predicted molar refractivity (Wildman–Crippen MR) is 94.6 cm³/mol. The van der Waals surface area contributed by atoms with Gasteiger partial charge in [0.25, 0.3) is 0 Å². The molecule has 6 nitrogen and oxygen atoms in total. The third-order valence-corrected chi connectivity index (χ3v) is 5.47. The van der Waals surface area contributed by atoms with Gasteiger partial charge in [0.2, 0.25) is 5.91 Å². The number of hydrogen-bond acceptors (Lipinski definition) is 7. The monoisotopic (exact) mass is 365 g/mol. The van der Waals surface area contributed by atoms with E-state index >= 15 is 0 Å².